The van der Waals surface area contributed by atoms with Crippen molar-refractivity contribution >= 4 is 5.91 Å². The molecule has 0 atom stereocenters. The Bertz CT molecular complexity index is 559. The topological polar surface area (TPSA) is 32.8 Å². The molecule has 4 heteroatoms. The number of aryl methyl sites for hydroxylation is 2. The first-order chi connectivity index (χ1) is 12.2. The molecule has 1 aromatic rings. The van der Waals surface area contributed by atoms with Gasteiger partial charge in [-0.1, -0.05) is 29.8 Å². The molecule has 0 unspecified atom stereocenters. The SMILES string of the molecule is COC1CCN(C2CCN(C(=O)CCc3cccc(C)c3)CC2)CC1. The van der Waals surface area contributed by atoms with Crippen LogP contribution in [0.3, 0.4) is 0 Å². The van der Waals surface area contributed by atoms with Crippen molar-refractivity contribution in [1.29, 1.82) is 0 Å². The minimum absolute atomic E-state index is 0.318. The number of carbonyl (C=O) groups is 1. The molecule has 1 amide bonds. The number of likely N-dealkylation sites (tertiary alicyclic amines) is 2. The van der Waals surface area contributed by atoms with Crippen LogP contribution < -0.4 is 0 Å². The Hall–Kier alpha value is -1.39. The second-order valence-corrected chi connectivity index (χ2v) is 7.57. The van der Waals surface area contributed by atoms with E-state index in [1.54, 1.807) is 0 Å². The minimum Gasteiger partial charge on any atom is -0.381 e. The number of hydrogen-bond donors (Lipinski definition) is 0. The zero-order valence-corrected chi connectivity index (χ0v) is 15.7. The van der Waals surface area contributed by atoms with Crippen molar-refractivity contribution in [1.82, 2.24) is 9.80 Å². The van der Waals surface area contributed by atoms with E-state index in [2.05, 4.69) is 41.0 Å². The van der Waals surface area contributed by atoms with Crippen LogP contribution >= 0.6 is 0 Å². The zero-order valence-electron chi connectivity index (χ0n) is 15.7. The van der Waals surface area contributed by atoms with E-state index in [-0.39, 0.29) is 0 Å². The Morgan fingerprint density at radius 1 is 1.12 bits per heavy atom. The number of rotatable bonds is 5. The highest BCUT2D eigenvalue weighted by atomic mass is 16.5. The van der Waals surface area contributed by atoms with Gasteiger partial charge in [0.25, 0.3) is 0 Å². The quantitative estimate of drug-likeness (QED) is 0.823. The third kappa shape index (κ3) is 5.05. The number of methoxy groups -OCH3 is 1. The summed E-state index contributed by atoms with van der Waals surface area (Å²) in [4.78, 5) is 17.2. The fourth-order valence-electron chi connectivity index (χ4n) is 4.23. The van der Waals surface area contributed by atoms with Crippen LogP contribution in [-0.2, 0) is 16.0 Å². The predicted molar refractivity (Wildman–Crippen MR) is 101 cm³/mol. The van der Waals surface area contributed by atoms with Crippen LogP contribution in [-0.4, -0.2) is 61.1 Å². The highest BCUT2D eigenvalue weighted by molar-refractivity contribution is 5.76. The first kappa shape index (κ1) is 18.4. The van der Waals surface area contributed by atoms with Gasteiger partial charge in [0.1, 0.15) is 0 Å². The summed E-state index contributed by atoms with van der Waals surface area (Å²) < 4.78 is 5.47. The lowest BCUT2D eigenvalue weighted by molar-refractivity contribution is -0.132. The highest BCUT2D eigenvalue weighted by Gasteiger charge is 2.29. The molecule has 4 nitrogen and oxygen atoms in total. The molecule has 2 fully saturated rings. The van der Waals surface area contributed by atoms with Crippen LogP contribution in [0, 0.1) is 6.92 Å². The summed E-state index contributed by atoms with van der Waals surface area (Å²) in [7, 11) is 1.82. The summed E-state index contributed by atoms with van der Waals surface area (Å²) in [5.41, 5.74) is 2.53. The van der Waals surface area contributed by atoms with Gasteiger partial charge in [-0.15, -0.1) is 0 Å². The van der Waals surface area contributed by atoms with Crippen LogP contribution in [0.4, 0.5) is 0 Å². The molecule has 0 aromatic heterocycles. The standard InChI is InChI=1S/C21H32N2O2/c1-17-4-3-5-18(16-17)6-7-21(24)23-12-8-19(9-13-23)22-14-10-20(25-2)11-15-22/h3-5,16,19-20H,6-15H2,1-2H3. The smallest absolute Gasteiger partial charge is 0.222 e. The summed E-state index contributed by atoms with van der Waals surface area (Å²) >= 11 is 0. The first-order valence-corrected chi connectivity index (χ1v) is 9.76. The van der Waals surface area contributed by atoms with Crippen LogP contribution in [0.15, 0.2) is 24.3 Å². The van der Waals surface area contributed by atoms with Gasteiger partial charge in [-0.3, -0.25) is 4.79 Å². The Balaban J connectivity index is 1.40. The minimum atomic E-state index is 0.318. The van der Waals surface area contributed by atoms with E-state index in [1.807, 2.05) is 7.11 Å². The van der Waals surface area contributed by atoms with Crippen molar-refractivity contribution in [3.8, 4) is 0 Å². The van der Waals surface area contributed by atoms with Gasteiger partial charge < -0.3 is 14.5 Å². The lowest BCUT2D eigenvalue weighted by atomic mass is 9.98. The van der Waals surface area contributed by atoms with Gasteiger partial charge in [0.05, 0.1) is 6.10 Å². The second-order valence-electron chi connectivity index (χ2n) is 7.57. The predicted octanol–water partition coefficient (Wildman–Crippen LogP) is 3.03. The van der Waals surface area contributed by atoms with Crippen LogP contribution in [0.5, 0.6) is 0 Å². The summed E-state index contributed by atoms with van der Waals surface area (Å²) in [6, 6.07) is 9.14. The number of amides is 1. The highest BCUT2D eigenvalue weighted by Crippen LogP contribution is 2.22. The molecule has 0 radical (unpaired) electrons. The van der Waals surface area contributed by atoms with Gasteiger partial charge >= 0.3 is 0 Å². The molecule has 0 saturated carbocycles. The molecule has 0 N–H and O–H groups in total. The fraction of sp³-hybridized carbons (Fsp3) is 0.667. The van der Waals surface area contributed by atoms with Gasteiger partial charge in [-0.2, -0.15) is 0 Å². The fourth-order valence-corrected chi connectivity index (χ4v) is 4.23. The number of hydrogen-bond acceptors (Lipinski definition) is 3. The van der Waals surface area contributed by atoms with Gasteiger partial charge in [0.2, 0.25) is 5.91 Å². The molecule has 2 heterocycles. The van der Waals surface area contributed by atoms with Crippen LogP contribution in [0.25, 0.3) is 0 Å². The van der Waals surface area contributed by atoms with Crippen molar-refractivity contribution in [2.24, 2.45) is 0 Å². The number of piperidine rings is 2. The maximum atomic E-state index is 12.5. The van der Waals surface area contributed by atoms with Crippen molar-refractivity contribution in [2.75, 3.05) is 33.3 Å². The largest absolute Gasteiger partial charge is 0.381 e. The number of benzene rings is 1. The maximum absolute atomic E-state index is 12.5. The third-order valence-electron chi connectivity index (χ3n) is 5.85. The Morgan fingerprint density at radius 2 is 1.84 bits per heavy atom. The molecule has 138 valence electrons. The normalized spacial score (nSPS) is 20.8. The van der Waals surface area contributed by atoms with E-state index >= 15 is 0 Å². The lowest BCUT2D eigenvalue weighted by Gasteiger charge is -2.41. The van der Waals surface area contributed by atoms with Crippen molar-refractivity contribution in [3.63, 3.8) is 0 Å². The molecule has 2 aliphatic heterocycles. The molecule has 2 saturated heterocycles. The van der Waals surface area contributed by atoms with Crippen LogP contribution in [0.2, 0.25) is 0 Å². The van der Waals surface area contributed by atoms with Gasteiger partial charge in [0, 0.05) is 45.8 Å². The molecule has 0 spiro atoms. The lowest BCUT2D eigenvalue weighted by Crippen LogP contribution is -2.49. The molecule has 0 aliphatic carbocycles. The molecule has 0 bridgehead atoms. The molecule has 2 aliphatic rings. The van der Waals surface area contributed by atoms with E-state index < -0.39 is 0 Å². The molecular formula is C21H32N2O2. The van der Waals surface area contributed by atoms with E-state index in [1.165, 1.54) is 11.1 Å². The molecule has 1 aromatic carbocycles. The Labute approximate surface area is 152 Å². The van der Waals surface area contributed by atoms with E-state index in [9.17, 15) is 4.79 Å². The van der Waals surface area contributed by atoms with Gasteiger partial charge in [0.15, 0.2) is 0 Å². The number of carbonyl (C=O) groups excluding carboxylic acids is 1. The van der Waals surface area contributed by atoms with E-state index in [0.29, 0.717) is 24.5 Å². The molecule has 3 rings (SSSR count). The third-order valence-corrected chi connectivity index (χ3v) is 5.85. The van der Waals surface area contributed by atoms with Crippen molar-refractivity contribution in [3.05, 3.63) is 35.4 Å². The number of nitrogens with zero attached hydrogens (tertiary/aromatic N) is 2. The monoisotopic (exact) mass is 344 g/mol. The first-order valence-electron chi connectivity index (χ1n) is 9.76. The van der Waals surface area contributed by atoms with Crippen molar-refractivity contribution < 1.29 is 9.53 Å². The Kier molecular flexibility index (Phi) is 6.49. The van der Waals surface area contributed by atoms with Crippen molar-refractivity contribution in [2.45, 2.75) is 57.6 Å². The maximum Gasteiger partial charge on any atom is 0.222 e. The van der Waals surface area contributed by atoms with Crippen LogP contribution in [0.1, 0.15) is 43.2 Å². The second kappa shape index (κ2) is 8.81. The zero-order chi connectivity index (χ0) is 17.6. The molecular weight excluding hydrogens is 312 g/mol. The average molecular weight is 344 g/mol. The van der Waals surface area contributed by atoms with Gasteiger partial charge in [-0.25, -0.2) is 0 Å². The van der Waals surface area contributed by atoms with E-state index in [4.69, 9.17) is 4.74 Å². The number of ether oxygens (including phenoxy) is 1. The summed E-state index contributed by atoms with van der Waals surface area (Å²) in [6.07, 6.45) is 6.46. The van der Waals surface area contributed by atoms with E-state index in [0.717, 1.165) is 58.3 Å². The van der Waals surface area contributed by atoms with Gasteiger partial charge in [-0.05, 0) is 44.6 Å². The average Bonchev–Trinajstić information content (AvgIpc) is 2.66. The summed E-state index contributed by atoms with van der Waals surface area (Å²) in [5.74, 6) is 0.318. The Morgan fingerprint density at radius 3 is 2.48 bits per heavy atom. The molecule has 25 heavy (non-hydrogen) atoms. The summed E-state index contributed by atoms with van der Waals surface area (Å²) in [6.45, 7) is 6.23. The summed E-state index contributed by atoms with van der Waals surface area (Å²) in [5, 5.41) is 0.